The van der Waals surface area contributed by atoms with E-state index in [9.17, 15) is 9.59 Å². The predicted octanol–water partition coefficient (Wildman–Crippen LogP) is 3.18. The molecule has 11 heteroatoms. The van der Waals surface area contributed by atoms with Crippen molar-refractivity contribution in [3.8, 4) is 0 Å². The Morgan fingerprint density at radius 3 is 2.17 bits per heavy atom. The van der Waals surface area contributed by atoms with Crippen molar-refractivity contribution >= 4 is 35.9 Å². The lowest BCUT2D eigenvalue weighted by Gasteiger charge is -2.38. The molecular weight excluding hydrogens is 519 g/mol. The van der Waals surface area contributed by atoms with Gasteiger partial charge in [-0.25, -0.2) is 4.79 Å². The molecule has 4 fully saturated rings. The van der Waals surface area contributed by atoms with E-state index in [1.807, 2.05) is 18.3 Å². The highest BCUT2D eigenvalue weighted by Gasteiger charge is 2.52. The molecule has 1 aromatic heterocycles. The standard InChI is InChI=1S/C30H43BN6O4/c1-29(2)30(3,4)41-31(40-29)23-19-32-37(21-23)26-11-14-34(15-12-26)20-22-9-16-35(17-10-22)24-5-7-25(8-6-24)36-18-13-27(38)33-28(36)39/h5-8,19,21-22,26H,9-18,20H2,1-4H3,(H,33,38,39). The lowest BCUT2D eigenvalue weighted by Crippen LogP contribution is -2.49. The SMILES string of the molecule is CC1(C)OB(c2cnn(C3CCN(CC4CCN(c5ccc(N6CCC(=O)NC6=O)cc5)CC4)CC3)c2)OC1(C)C. The summed E-state index contributed by atoms with van der Waals surface area (Å²) < 4.78 is 14.5. The van der Waals surface area contributed by atoms with Gasteiger partial charge in [0, 0.05) is 74.9 Å². The molecule has 0 radical (unpaired) electrons. The molecule has 0 bridgehead atoms. The zero-order valence-corrected chi connectivity index (χ0v) is 24.8. The maximum absolute atomic E-state index is 12.1. The van der Waals surface area contributed by atoms with Crippen LogP contribution in [0, 0.1) is 5.92 Å². The summed E-state index contributed by atoms with van der Waals surface area (Å²) in [5.74, 6) is 0.511. The summed E-state index contributed by atoms with van der Waals surface area (Å²) in [4.78, 5) is 30.3. The molecule has 0 aliphatic carbocycles. The average molecular weight is 563 g/mol. The van der Waals surface area contributed by atoms with E-state index in [2.05, 4.69) is 65.8 Å². The third-order valence-corrected chi connectivity index (χ3v) is 9.79. The Morgan fingerprint density at radius 2 is 1.54 bits per heavy atom. The van der Waals surface area contributed by atoms with E-state index in [4.69, 9.17) is 14.4 Å². The third kappa shape index (κ3) is 5.89. The van der Waals surface area contributed by atoms with Gasteiger partial charge in [0.25, 0.3) is 0 Å². The highest BCUT2D eigenvalue weighted by Crippen LogP contribution is 2.36. The molecule has 5 heterocycles. The van der Waals surface area contributed by atoms with Crippen LogP contribution in [0.5, 0.6) is 0 Å². The van der Waals surface area contributed by atoms with Crippen molar-refractivity contribution in [2.45, 2.75) is 77.0 Å². The number of urea groups is 1. The number of nitrogens with one attached hydrogen (secondary N) is 1. The number of amides is 3. The van der Waals surface area contributed by atoms with E-state index in [0.717, 1.165) is 56.1 Å². The van der Waals surface area contributed by atoms with E-state index >= 15 is 0 Å². The van der Waals surface area contributed by atoms with Crippen LogP contribution in [0.15, 0.2) is 36.7 Å². The minimum Gasteiger partial charge on any atom is -0.399 e. The van der Waals surface area contributed by atoms with Crippen LogP contribution in [0.4, 0.5) is 16.2 Å². The Morgan fingerprint density at radius 1 is 0.902 bits per heavy atom. The summed E-state index contributed by atoms with van der Waals surface area (Å²) in [5.41, 5.74) is 2.34. The van der Waals surface area contributed by atoms with Crippen molar-refractivity contribution in [2.24, 2.45) is 5.92 Å². The van der Waals surface area contributed by atoms with Gasteiger partial charge < -0.3 is 19.1 Å². The fourth-order valence-corrected chi connectivity index (χ4v) is 6.41. The molecular formula is C30H43BN6O4. The number of likely N-dealkylation sites (tertiary alicyclic amines) is 1. The smallest absolute Gasteiger partial charge is 0.399 e. The number of rotatable bonds is 6. The van der Waals surface area contributed by atoms with Gasteiger partial charge in [0.1, 0.15) is 0 Å². The van der Waals surface area contributed by atoms with Crippen LogP contribution in [-0.2, 0) is 14.1 Å². The summed E-state index contributed by atoms with van der Waals surface area (Å²) in [7, 11) is -0.360. The fraction of sp³-hybridized carbons (Fsp3) is 0.633. The zero-order valence-electron chi connectivity index (χ0n) is 24.8. The number of carbonyl (C=O) groups is 2. The molecule has 2 aromatic rings. The normalized spacial score (nSPS) is 24.2. The number of carbonyl (C=O) groups excluding carboxylic acids is 2. The molecule has 0 spiro atoms. The van der Waals surface area contributed by atoms with E-state index < -0.39 is 0 Å². The number of aromatic nitrogens is 2. The highest BCUT2D eigenvalue weighted by atomic mass is 16.7. The molecule has 6 rings (SSSR count). The largest absolute Gasteiger partial charge is 0.498 e. The number of nitrogens with zero attached hydrogens (tertiary/aromatic N) is 5. The average Bonchev–Trinajstić information content (AvgIpc) is 3.52. The van der Waals surface area contributed by atoms with Crippen LogP contribution in [0.3, 0.4) is 0 Å². The Labute approximate surface area is 243 Å². The van der Waals surface area contributed by atoms with Gasteiger partial charge in [-0.2, -0.15) is 5.10 Å². The van der Waals surface area contributed by atoms with Crippen molar-refractivity contribution in [3.05, 3.63) is 36.7 Å². The number of hydrogen-bond donors (Lipinski definition) is 1. The summed E-state index contributed by atoms with van der Waals surface area (Å²) in [6.45, 7) is 14.2. The zero-order chi connectivity index (χ0) is 28.8. The van der Waals surface area contributed by atoms with Crippen molar-refractivity contribution in [1.82, 2.24) is 20.0 Å². The Balaban J connectivity index is 0.944. The molecule has 0 atom stereocenters. The minimum atomic E-state index is -0.360. The van der Waals surface area contributed by atoms with E-state index in [0.29, 0.717) is 19.0 Å². The number of piperidine rings is 2. The molecule has 10 nitrogen and oxygen atoms in total. The maximum Gasteiger partial charge on any atom is 0.498 e. The van der Waals surface area contributed by atoms with Gasteiger partial charge in [-0.15, -0.1) is 0 Å². The second-order valence-electron chi connectivity index (χ2n) is 13.1. The minimum absolute atomic E-state index is 0.208. The fourth-order valence-electron chi connectivity index (χ4n) is 6.41. The second-order valence-corrected chi connectivity index (χ2v) is 13.1. The van der Waals surface area contributed by atoms with E-state index in [1.165, 1.54) is 25.1 Å². The van der Waals surface area contributed by atoms with Crippen molar-refractivity contribution in [3.63, 3.8) is 0 Å². The molecule has 0 saturated carbocycles. The Kier molecular flexibility index (Phi) is 7.63. The van der Waals surface area contributed by atoms with Gasteiger partial charge in [-0.3, -0.25) is 19.7 Å². The third-order valence-electron chi connectivity index (χ3n) is 9.79. The number of hydrogen-bond acceptors (Lipinski definition) is 7. The van der Waals surface area contributed by atoms with Gasteiger partial charge in [0.15, 0.2) is 0 Å². The predicted molar refractivity (Wildman–Crippen MR) is 160 cm³/mol. The second kappa shape index (κ2) is 11.1. The summed E-state index contributed by atoms with van der Waals surface area (Å²) in [5, 5.41) is 7.08. The van der Waals surface area contributed by atoms with Gasteiger partial charge in [-0.05, 0) is 83.6 Å². The van der Waals surface area contributed by atoms with Gasteiger partial charge in [0.05, 0.1) is 17.2 Å². The monoisotopic (exact) mass is 562 g/mol. The van der Waals surface area contributed by atoms with Crippen LogP contribution in [0.1, 0.15) is 65.8 Å². The first-order valence-electron chi connectivity index (χ1n) is 15.2. The number of benzene rings is 1. The molecule has 41 heavy (non-hydrogen) atoms. The topological polar surface area (TPSA) is 92.2 Å². The van der Waals surface area contributed by atoms with Crippen molar-refractivity contribution in [2.75, 3.05) is 49.1 Å². The van der Waals surface area contributed by atoms with Crippen LogP contribution < -0.4 is 20.6 Å². The van der Waals surface area contributed by atoms with Crippen LogP contribution in [-0.4, -0.2) is 84.2 Å². The lowest BCUT2D eigenvalue weighted by atomic mass is 9.82. The summed E-state index contributed by atoms with van der Waals surface area (Å²) in [6.07, 6.45) is 8.96. The van der Waals surface area contributed by atoms with Crippen molar-refractivity contribution < 1.29 is 18.9 Å². The molecule has 220 valence electrons. The Bertz CT molecular complexity index is 1230. The molecule has 1 N–H and O–H groups in total. The van der Waals surface area contributed by atoms with Gasteiger partial charge in [-0.1, -0.05) is 0 Å². The first-order valence-corrected chi connectivity index (χ1v) is 15.2. The number of imide groups is 1. The molecule has 1 aromatic carbocycles. The number of anilines is 2. The molecule has 4 saturated heterocycles. The summed E-state index contributed by atoms with van der Waals surface area (Å²) in [6, 6.07) is 8.24. The highest BCUT2D eigenvalue weighted by molar-refractivity contribution is 6.62. The quantitative estimate of drug-likeness (QED) is 0.541. The van der Waals surface area contributed by atoms with Crippen molar-refractivity contribution in [1.29, 1.82) is 0 Å². The van der Waals surface area contributed by atoms with Gasteiger partial charge >= 0.3 is 13.1 Å². The first kappa shape index (κ1) is 28.2. The van der Waals surface area contributed by atoms with Gasteiger partial charge in [0.2, 0.25) is 5.91 Å². The van der Waals surface area contributed by atoms with Crippen LogP contribution >= 0.6 is 0 Å². The molecule has 0 unspecified atom stereocenters. The van der Waals surface area contributed by atoms with Crippen LogP contribution in [0.25, 0.3) is 0 Å². The first-order chi connectivity index (χ1) is 19.6. The summed E-state index contributed by atoms with van der Waals surface area (Å²) >= 11 is 0. The molecule has 3 amide bonds. The maximum atomic E-state index is 12.1. The molecule has 4 aliphatic rings. The lowest BCUT2D eigenvalue weighted by molar-refractivity contribution is -0.120. The van der Waals surface area contributed by atoms with Crippen LogP contribution in [0.2, 0.25) is 0 Å². The van der Waals surface area contributed by atoms with E-state index in [1.54, 1.807) is 4.90 Å². The molecule has 4 aliphatic heterocycles. The Hall–Kier alpha value is -2.89. The van der Waals surface area contributed by atoms with E-state index in [-0.39, 0.29) is 30.3 Å².